The Labute approximate surface area is 189 Å². The summed E-state index contributed by atoms with van der Waals surface area (Å²) in [5, 5.41) is 12.4. The van der Waals surface area contributed by atoms with Crippen molar-refractivity contribution < 1.29 is 14.7 Å². The van der Waals surface area contributed by atoms with Crippen molar-refractivity contribution in [2.75, 3.05) is 13.7 Å². The van der Waals surface area contributed by atoms with Gasteiger partial charge in [-0.3, -0.25) is 9.90 Å². The van der Waals surface area contributed by atoms with E-state index in [1.807, 2.05) is 5.06 Å². The third kappa shape index (κ3) is 3.40. The second kappa shape index (κ2) is 7.70. The Kier molecular flexibility index (Phi) is 5.34. The van der Waals surface area contributed by atoms with Crippen LogP contribution in [-0.2, 0) is 16.0 Å². The van der Waals surface area contributed by atoms with Crippen LogP contribution in [0.5, 0.6) is 0 Å². The van der Waals surface area contributed by atoms with E-state index in [0.717, 1.165) is 42.5 Å². The van der Waals surface area contributed by atoms with Crippen molar-refractivity contribution in [1.29, 1.82) is 0 Å². The van der Waals surface area contributed by atoms with Gasteiger partial charge in [0.15, 0.2) is 0 Å². The maximum absolute atomic E-state index is 10.5. The number of hydrogen-bond donors (Lipinski definition) is 1. The van der Waals surface area contributed by atoms with Crippen LogP contribution in [0.3, 0.4) is 0 Å². The molecule has 1 saturated carbocycles. The standard InChI is InChI=1S/C23H27Br2NO3/c1-28-26-12-16-9-18(27)10-19-22(16)23(20(25)13-26)11-15(4-7-21(23)29-19)8-14-2-5-17(24)6-3-14/h2-3,5-6,13,15-16,18,21,27H,4,7-12H2,1H3/t15?,16-,18+,21+,23?/m1/s1. The van der Waals surface area contributed by atoms with Crippen molar-refractivity contribution in [1.82, 2.24) is 5.06 Å². The van der Waals surface area contributed by atoms with E-state index in [2.05, 4.69) is 62.3 Å². The van der Waals surface area contributed by atoms with Crippen LogP contribution in [0.4, 0.5) is 0 Å². The molecule has 0 bridgehead atoms. The van der Waals surface area contributed by atoms with Crippen molar-refractivity contribution in [2.45, 2.75) is 50.7 Å². The zero-order valence-electron chi connectivity index (χ0n) is 16.6. The molecule has 1 aromatic rings. The third-order valence-corrected chi connectivity index (χ3v) is 8.65. The van der Waals surface area contributed by atoms with Gasteiger partial charge >= 0.3 is 0 Å². The van der Waals surface area contributed by atoms with Crippen LogP contribution in [-0.4, -0.2) is 36.0 Å². The molecule has 2 heterocycles. The molecule has 0 saturated heterocycles. The van der Waals surface area contributed by atoms with E-state index >= 15 is 0 Å². The lowest BCUT2D eigenvalue weighted by Gasteiger charge is -2.44. The predicted octanol–water partition coefficient (Wildman–Crippen LogP) is 5.32. The summed E-state index contributed by atoms with van der Waals surface area (Å²) in [6, 6.07) is 8.73. The molecule has 5 rings (SSSR count). The topological polar surface area (TPSA) is 41.9 Å². The number of aliphatic hydroxyl groups excluding tert-OH is 1. The molecule has 4 aliphatic rings. The van der Waals surface area contributed by atoms with Gasteiger partial charge in [-0.2, -0.15) is 0 Å². The quantitative estimate of drug-likeness (QED) is 0.581. The Morgan fingerprint density at radius 2 is 2.03 bits per heavy atom. The Balaban J connectivity index is 1.52. The van der Waals surface area contributed by atoms with E-state index in [9.17, 15) is 5.11 Å². The van der Waals surface area contributed by atoms with Crippen molar-refractivity contribution in [3.8, 4) is 0 Å². The average Bonchev–Trinajstić information content (AvgIpc) is 2.97. The second-order valence-corrected chi connectivity index (χ2v) is 10.7. The molecule has 156 valence electrons. The number of hydroxylamine groups is 2. The average molecular weight is 525 g/mol. The van der Waals surface area contributed by atoms with Crippen molar-refractivity contribution in [2.24, 2.45) is 17.3 Å². The zero-order valence-corrected chi connectivity index (χ0v) is 19.8. The summed E-state index contributed by atoms with van der Waals surface area (Å²) in [6.07, 6.45) is 7.75. The molecule has 1 spiro atoms. The maximum Gasteiger partial charge on any atom is 0.112 e. The predicted molar refractivity (Wildman–Crippen MR) is 119 cm³/mol. The van der Waals surface area contributed by atoms with Crippen molar-refractivity contribution in [3.05, 3.63) is 56.3 Å². The van der Waals surface area contributed by atoms with Crippen molar-refractivity contribution in [3.63, 3.8) is 0 Å². The molecule has 5 atom stereocenters. The molecule has 4 nitrogen and oxygen atoms in total. The molecule has 1 N–H and O–H groups in total. The van der Waals surface area contributed by atoms with Gasteiger partial charge in [-0.05, 0) is 61.3 Å². The Morgan fingerprint density at radius 3 is 2.79 bits per heavy atom. The van der Waals surface area contributed by atoms with Gasteiger partial charge in [0, 0.05) is 27.5 Å². The zero-order chi connectivity index (χ0) is 20.2. The van der Waals surface area contributed by atoms with E-state index < -0.39 is 0 Å². The smallest absolute Gasteiger partial charge is 0.112 e. The van der Waals surface area contributed by atoms with Gasteiger partial charge in [-0.25, -0.2) is 0 Å². The highest BCUT2D eigenvalue weighted by Crippen LogP contribution is 2.63. The van der Waals surface area contributed by atoms with Gasteiger partial charge < -0.3 is 9.84 Å². The van der Waals surface area contributed by atoms with Crippen LogP contribution in [0.1, 0.15) is 37.7 Å². The van der Waals surface area contributed by atoms with Crippen molar-refractivity contribution >= 4 is 31.9 Å². The fourth-order valence-electron chi connectivity index (χ4n) is 6.06. The summed E-state index contributed by atoms with van der Waals surface area (Å²) in [7, 11) is 1.72. The van der Waals surface area contributed by atoms with E-state index in [4.69, 9.17) is 9.57 Å². The largest absolute Gasteiger partial charge is 0.493 e. The normalized spacial score (nSPS) is 36.1. The first-order valence-electron chi connectivity index (χ1n) is 10.5. The molecule has 1 fully saturated rings. The van der Waals surface area contributed by atoms with Crippen LogP contribution < -0.4 is 0 Å². The lowest BCUT2D eigenvalue weighted by atomic mass is 9.60. The summed E-state index contributed by atoms with van der Waals surface area (Å²) >= 11 is 7.50. The molecule has 2 aliphatic heterocycles. The molecule has 0 amide bonds. The van der Waals surface area contributed by atoms with E-state index in [1.54, 1.807) is 7.11 Å². The highest BCUT2D eigenvalue weighted by atomic mass is 79.9. The summed E-state index contributed by atoms with van der Waals surface area (Å²) in [5.41, 5.74) is 2.70. The molecule has 0 radical (unpaired) electrons. The maximum atomic E-state index is 10.5. The van der Waals surface area contributed by atoms with Gasteiger partial charge in [-0.15, -0.1) is 0 Å². The summed E-state index contributed by atoms with van der Waals surface area (Å²) < 4.78 is 8.83. The number of benzene rings is 1. The van der Waals surface area contributed by atoms with Gasteiger partial charge in [0.2, 0.25) is 0 Å². The van der Waals surface area contributed by atoms with E-state index in [1.165, 1.54) is 22.0 Å². The minimum atomic E-state index is -0.329. The monoisotopic (exact) mass is 523 g/mol. The van der Waals surface area contributed by atoms with Gasteiger partial charge in [0.1, 0.15) is 6.10 Å². The lowest BCUT2D eigenvalue weighted by molar-refractivity contribution is -0.0968. The van der Waals surface area contributed by atoms with Gasteiger partial charge in [-0.1, -0.05) is 44.0 Å². The van der Waals surface area contributed by atoms with E-state index in [-0.39, 0.29) is 23.5 Å². The first kappa shape index (κ1) is 20.1. The van der Waals surface area contributed by atoms with Crippen LogP contribution >= 0.6 is 31.9 Å². The fourth-order valence-corrected chi connectivity index (χ4v) is 7.18. The highest BCUT2D eigenvalue weighted by Gasteiger charge is 2.59. The second-order valence-electron chi connectivity index (χ2n) is 8.94. The Hall–Kier alpha value is -0.820. The summed E-state index contributed by atoms with van der Waals surface area (Å²) in [6.45, 7) is 0.761. The molecule has 1 aromatic carbocycles. The number of nitrogens with zero attached hydrogens (tertiary/aromatic N) is 1. The molecule has 6 heteroatoms. The van der Waals surface area contributed by atoms with Gasteiger partial charge in [0.25, 0.3) is 0 Å². The van der Waals surface area contributed by atoms with Crippen LogP contribution in [0, 0.1) is 17.3 Å². The Morgan fingerprint density at radius 1 is 1.24 bits per heavy atom. The van der Waals surface area contributed by atoms with Crippen LogP contribution in [0.15, 0.2) is 50.8 Å². The van der Waals surface area contributed by atoms with Gasteiger partial charge in [0.05, 0.1) is 30.9 Å². The SMILES string of the molecule is CON1C=C(Br)C23CC(Cc4ccc(Br)cc4)CC[C@@H]2OC2=C3[C@H](C[C@H](O)C2)C1. The molecular formula is C23H27Br2NO3. The number of rotatable bonds is 3. The molecule has 0 aromatic heterocycles. The minimum Gasteiger partial charge on any atom is -0.493 e. The molecule has 2 unspecified atom stereocenters. The first-order chi connectivity index (χ1) is 14.0. The molecule has 2 aliphatic carbocycles. The highest BCUT2D eigenvalue weighted by molar-refractivity contribution is 9.11. The minimum absolute atomic E-state index is 0.119. The van der Waals surface area contributed by atoms with Crippen LogP contribution in [0.25, 0.3) is 0 Å². The fraction of sp³-hybridized carbons (Fsp3) is 0.565. The summed E-state index contributed by atoms with van der Waals surface area (Å²) in [5.74, 6) is 1.91. The number of aliphatic hydroxyl groups is 1. The molecule has 29 heavy (non-hydrogen) atoms. The van der Waals surface area contributed by atoms with Crippen LogP contribution in [0.2, 0.25) is 0 Å². The number of ether oxygens (including phenoxy) is 1. The number of halogens is 2. The van der Waals surface area contributed by atoms with E-state index in [0.29, 0.717) is 12.3 Å². The molecular weight excluding hydrogens is 498 g/mol. The lowest BCUT2D eigenvalue weighted by Crippen LogP contribution is -2.42. The third-order valence-electron chi connectivity index (χ3n) is 7.20. The number of hydrogen-bond acceptors (Lipinski definition) is 4. The Bertz CT molecular complexity index is 852. The summed E-state index contributed by atoms with van der Waals surface area (Å²) in [4.78, 5) is 5.62. The first-order valence-corrected chi connectivity index (χ1v) is 12.1.